The van der Waals surface area contributed by atoms with E-state index in [0.717, 1.165) is 43.4 Å². The van der Waals surface area contributed by atoms with E-state index in [-0.39, 0.29) is 35.0 Å². The van der Waals surface area contributed by atoms with Gasteiger partial charge in [-0.3, -0.25) is 14.2 Å². The zero-order valence-electron chi connectivity index (χ0n) is 19.5. The molecule has 5 aliphatic rings. The van der Waals surface area contributed by atoms with Crippen molar-refractivity contribution >= 4 is 27.5 Å². The van der Waals surface area contributed by atoms with Crippen LogP contribution in [0.2, 0.25) is 0 Å². The molecule has 5 saturated carbocycles. The van der Waals surface area contributed by atoms with Gasteiger partial charge >= 0.3 is 5.69 Å². The SMILES string of the molecule is CC(NC(=O)C1CCC(Cn2c(=O)[nH]c3ccsc3c2=O)CC1)C12CC3CC(CC(C3)C1)C2. The van der Waals surface area contributed by atoms with Crippen LogP contribution >= 0.6 is 11.3 Å². The molecule has 7 rings (SSSR count). The number of rotatable bonds is 5. The Morgan fingerprint density at radius 1 is 1.12 bits per heavy atom. The van der Waals surface area contributed by atoms with Crippen molar-refractivity contribution in [1.29, 1.82) is 0 Å². The zero-order chi connectivity index (χ0) is 22.7. The number of nitrogens with zero attached hydrogens (tertiary/aromatic N) is 1. The molecule has 0 aromatic carbocycles. The van der Waals surface area contributed by atoms with Crippen LogP contribution in [0.25, 0.3) is 10.2 Å². The summed E-state index contributed by atoms with van der Waals surface area (Å²) in [5, 5.41) is 5.29. The summed E-state index contributed by atoms with van der Waals surface area (Å²) in [4.78, 5) is 41.2. The molecule has 0 saturated heterocycles. The van der Waals surface area contributed by atoms with Gasteiger partial charge in [0.25, 0.3) is 5.56 Å². The van der Waals surface area contributed by atoms with Crippen molar-refractivity contribution in [3.8, 4) is 0 Å². The molecule has 5 aliphatic carbocycles. The lowest BCUT2D eigenvalue weighted by Gasteiger charge is -2.59. The quantitative estimate of drug-likeness (QED) is 0.686. The summed E-state index contributed by atoms with van der Waals surface area (Å²) in [7, 11) is 0. The van der Waals surface area contributed by atoms with E-state index in [1.807, 2.05) is 5.38 Å². The lowest BCUT2D eigenvalue weighted by atomic mass is 9.48. The Balaban J connectivity index is 1.06. The normalized spacial score (nSPS) is 36.2. The standard InChI is InChI=1S/C26H35N3O3S/c1-15(26-11-17-8-18(12-26)10-19(9-17)13-26)27-23(30)20-4-2-16(3-5-20)14-29-24(31)22-21(6-7-33-22)28-25(29)32/h6-7,15-20H,2-5,8-14H2,1H3,(H,27,30)(H,28,32). The molecule has 5 fully saturated rings. The molecule has 2 aromatic rings. The van der Waals surface area contributed by atoms with Crippen LogP contribution in [-0.2, 0) is 11.3 Å². The van der Waals surface area contributed by atoms with Crippen molar-refractivity contribution in [2.75, 3.05) is 0 Å². The number of hydrogen-bond donors (Lipinski definition) is 2. The van der Waals surface area contributed by atoms with Gasteiger partial charge in [0.05, 0.1) is 5.52 Å². The van der Waals surface area contributed by atoms with E-state index in [1.165, 1.54) is 54.4 Å². The van der Waals surface area contributed by atoms with Crippen LogP contribution in [0.5, 0.6) is 0 Å². The van der Waals surface area contributed by atoms with Crippen molar-refractivity contribution in [3.63, 3.8) is 0 Å². The Morgan fingerprint density at radius 3 is 2.39 bits per heavy atom. The number of carbonyl (C=O) groups is 1. The van der Waals surface area contributed by atoms with Gasteiger partial charge in [0, 0.05) is 18.5 Å². The average Bonchev–Trinajstić information content (AvgIpc) is 3.24. The minimum absolute atomic E-state index is 0.0624. The number of carbonyl (C=O) groups excluding carboxylic acids is 1. The maximum absolute atomic E-state index is 13.2. The van der Waals surface area contributed by atoms with E-state index < -0.39 is 0 Å². The third kappa shape index (κ3) is 3.80. The summed E-state index contributed by atoms with van der Waals surface area (Å²) < 4.78 is 1.97. The van der Waals surface area contributed by atoms with Crippen molar-refractivity contribution in [2.45, 2.75) is 83.7 Å². The molecule has 7 heteroatoms. The summed E-state index contributed by atoms with van der Waals surface area (Å²) in [6, 6.07) is 2.05. The number of hydrogen-bond acceptors (Lipinski definition) is 4. The Labute approximate surface area is 198 Å². The molecule has 2 heterocycles. The van der Waals surface area contributed by atoms with Crippen LogP contribution in [0.15, 0.2) is 21.0 Å². The van der Waals surface area contributed by atoms with Crippen LogP contribution < -0.4 is 16.6 Å². The zero-order valence-corrected chi connectivity index (χ0v) is 20.3. The fraction of sp³-hybridized carbons (Fsp3) is 0.731. The van der Waals surface area contributed by atoms with Gasteiger partial charge in [0.1, 0.15) is 4.70 Å². The van der Waals surface area contributed by atoms with Gasteiger partial charge in [-0.15, -0.1) is 11.3 Å². The highest BCUT2D eigenvalue weighted by Crippen LogP contribution is 2.61. The maximum atomic E-state index is 13.2. The summed E-state index contributed by atoms with van der Waals surface area (Å²) in [5.41, 5.74) is 0.451. The number of fused-ring (bicyclic) bond motifs is 1. The average molecular weight is 470 g/mol. The van der Waals surface area contributed by atoms with E-state index in [1.54, 1.807) is 6.07 Å². The lowest BCUT2D eigenvalue weighted by Crippen LogP contribution is -2.56. The molecule has 1 atom stereocenters. The van der Waals surface area contributed by atoms with Crippen molar-refractivity contribution in [1.82, 2.24) is 14.9 Å². The predicted molar refractivity (Wildman–Crippen MR) is 130 cm³/mol. The lowest BCUT2D eigenvalue weighted by molar-refractivity contribution is -0.131. The summed E-state index contributed by atoms with van der Waals surface area (Å²) in [5.74, 6) is 3.24. The number of aromatic amines is 1. The van der Waals surface area contributed by atoms with Crippen LogP contribution in [0.1, 0.15) is 71.1 Å². The second-order valence-electron chi connectivity index (χ2n) is 11.7. The van der Waals surface area contributed by atoms with E-state index in [4.69, 9.17) is 0 Å². The Hall–Kier alpha value is -1.89. The van der Waals surface area contributed by atoms with Crippen LogP contribution in [-0.4, -0.2) is 21.5 Å². The van der Waals surface area contributed by atoms with Gasteiger partial charge in [-0.1, -0.05) is 0 Å². The Bertz CT molecular complexity index is 1130. The summed E-state index contributed by atoms with van der Waals surface area (Å²) >= 11 is 1.37. The van der Waals surface area contributed by atoms with Crippen molar-refractivity contribution < 1.29 is 4.79 Å². The summed E-state index contributed by atoms with van der Waals surface area (Å²) in [6.07, 6.45) is 11.7. The summed E-state index contributed by atoms with van der Waals surface area (Å²) in [6.45, 7) is 2.70. The first kappa shape index (κ1) is 21.6. The smallest absolute Gasteiger partial charge is 0.328 e. The molecule has 4 bridgehead atoms. The Morgan fingerprint density at radius 2 is 1.76 bits per heavy atom. The van der Waals surface area contributed by atoms with Crippen molar-refractivity contribution in [3.05, 3.63) is 32.3 Å². The minimum Gasteiger partial charge on any atom is -0.353 e. The van der Waals surface area contributed by atoms with Crippen LogP contribution in [0, 0.1) is 35.0 Å². The minimum atomic E-state index is -0.324. The third-order valence-electron chi connectivity index (χ3n) is 9.61. The molecular formula is C26H35N3O3S. The first-order valence-corrected chi connectivity index (χ1v) is 13.8. The molecule has 2 N–H and O–H groups in total. The molecular weight excluding hydrogens is 434 g/mol. The van der Waals surface area contributed by atoms with Gasteiger partial charge < -0.3 is 10.3 Å². The van der Waals surface area contributed by atoms with E-state index in [9.17, 15) is 14.4 Å². The molecule has 178 valence electrons. The second-order valence-corrected chi connectivity index (χ2v) is 12.7. The highest BCUT2D eigenvalue weighted by Gasteiger charge is 2.53. The topological polar surface area (TPSA) is 84.0 Å². The third-order valence-corrected chi connectivity index (χ3v) is 10.5. The monoisotopic (exact) mass is 469 g/mol. The molecule has 0 spiro atoms. The first-order chi connectivity index (χ1) is 15.9. The number of nitrogens with one attached hydrogen (secondary N) is 2. The van der Waals surface area contributed by atoms with Gasteiger partial charge in [0.2, 0.25) is 5.91 Å². The van der Waals surface area contributed by atoms with Crippen molar-refractivity contribution in [2.24, 2.45) is 35.0 Å². The largest absolute Gasteiger partial charge is 0.353 e. The van der Waals surface area contributed by atoms with Gasteiger partial charge in [-0.25, -0.2) is 4.79 Å². The fourth-order valence-electron chi connectivity index (χ4n) is 8.19. The highest BCUT2D eigenvalue weighted by molar-refractivity contribution is 7.17. The van der Waals surface area contributed by atoms with Gasteiger partial charge in [-0.05, 0) is 112 Å². The molecule has 2 aromatic heterocycles. The predicted octanol–water partition coefficient (Wildman–Crippen LogP) is 4.28. The molecule has 0 aliphatic heterocycles. The van der Waals surface area contributed by atoms with Crippen LogP contribution in [0.3, 0.4) is 0 Å². The number of H-pyrrole nitrogens is 1. The fourth-order valence-corrected chi connectivity index (χ4v) is 8.99. The Kier molecular flexibility index (Phi) is 5.31. The number of amides is 1. The molecule has 6 nitrogen and oxygen atoms in total. The highest BCUT2D eigenvalue weighted by atomic mass is 32.1. The maximum Gasteiger partial charge on any atom is 0.328 e. The van der Waals surface area contributed by atoms with Gasteiger partial charge in [-0.2, -0.15) is 0 Å². The number of thiophene rings is 1. The van der Waals surface area contributed by atoms with Gasteiger partial charge in [0.15, 0.2) is 0 Å². The first-order valence-electron chi connectivity index (χ1n) is 12.9. The second kappa shape index (κ2) is 8.10. The van der Waals surface area contributed by atoms with Crippen LogP contribution in [0.4, 0.5) is 0 Å². The van der Waals surface area contributed by atoms with E-state index in [2.05, 4.69) is 17.2 Å². The van der Waals surface area contributed by atoms with E-state index in [0.29, 0.717) is 22.2 Å². The van der Waals surface area contributed by atoms with E-state index >= 15 is 0 Å². The molecule has 33 heavy (non-hydrogen) atoms. The molecule has 1 unspecified atom stereocenters. The number of aromatic nitrogens is 2. The molecule has 1 amide bonds. The molecule has 0 radical (unpaired) electrons.